The van der Waals surface area contributed by atoms with E-state index in [1.807, 2.05) is 0 Å². The van der Waals surface area contributed by atoms with Crippen molar-refractivity contribution >= 4 is 39.9 Å². The Morgan fingerprint density at radius 1 is 1.19 bits per heavy atom. The van der Waals surface area contributed by atoms with E-state index in [1.54, 1.807) is 49.4 Å². The zero-order chi connectivity index (χ0) is 30.7. The molecule has 224 valence electrons. The standard InChI is InChI=1S/C32H32N2O8S/c1-5-12-42-31(38)29-19(4)33-32(43-29)34-26(20-7-6-8-22(16-20)39-13-11-18(2)3)25(28(36)30(34)37)27(35)21-9-10-23-24(17-21)41-15-14-40-23/h5-10,16-18,26,35H,1,11-15H2,2-4H3/t26-/m0/s1. The van der Waals surface area contributed by atoms with Gasteiger partial charge in [0.15, 0.2) is 16.6 Å². The molecule has 0 saturated carbocycles. The van der Waals surface area contributed by atoms with Crippen LogP contribution < -0.4 is 19.1 Å². The maximum Gasteiger partial charge on any atom is 0.350 e. The van der Waals surface area contributed by atoms with Gasteiger partial charge in [-0.2, -0.15) is 0 Å². The fraction of sp³-hybridized carbons (Fsp3) is 0.312. The molecule has 1 aromatic heterocycles. The number of thiazole rings is 1. The van der Waals surface area contributed by atoms with E-state index in [1.165, 1.54) is 11.0 Å². The quantitative estimate of drug-likeness (QED) is 0.103. The van der Waals surface area contributed by atoms with Gasteiger partial charge in [-0.15, -0.1) is 0 Å². The maximum atomic E-state index is 13.7. The second-order valence-corrected chi connectivity index (χ2v) is 11.4. The smallest absolute Gasteiger partial charge is 0.350 e. The summed E-state index contributed by atoms with van der Waals surface area (Å²) in [5, 5.41) is 11.7. The zero-order valence-corrected chi connectivity index (χ0v) is 24.9. The van der Waals surface area contributed by atoms with Crippen LogP contribution in [0, 0.1) is 12.8 Å². The Bertz CT molecular complexity index is 1610. The van der Waals surface area contributed by atoms with Crippen LogP contribution in [-0.2, 0) is 14.3 Å². The van der Waals surface area contributed by atoms with Crippen LogP contribution >= 0.6 is 11.3 Å². The molecule has 1 atom stereocenters. The molecule has 0 aliphatic carbocycles. The number of fused-ring (bicyclic) bond motifs is 1. The number of aromatic nitrogens is 1. The second-order valence-electron chi connectivity index (χ2n) is 10.4. The van der Waals surface area contributed by atoms with Crippen molar-refractivity contribution in [1.82, 2.24) is 4.98 Å². The molecular weight excluding hydrogens is 572 g/mol. The average molecular weight is 605 g/mol. The molecule has 1 N–H and O–H groups in total. The largest absolute Gasteiger partial charge is 0.507 e. The Balaban J connectivity index is 1.62. The molecular formula is C32H32N2O8S. The van der Waals surface area contributed by atoms with E-state index in [9.17, 15) is 19.5 Å². The first-order valence-corrected chi connectivity index (χ1v) is 14.7. The van der Waals surface area contributed by atoms with Crippen LogP contribution in [0.3, 0.4) is 0 Å². The lowest BCUT2D eigenvalue weighted by Crippen LogP contribution is -2.29. The predicted octanol–water partition coefficient (Wildman–Crippen LogP) is 5.62. The van der Waals surface area contributed by atoms with Gasteiger partial charge in [-0.1, -0.05) is 50.0 Å². The molecule has 1 saturated heterocycles. The first-order valence-electron chi connectivity index (χ1n) is 13.9. The van der Waals surface area contributed by atoms with Gasteiger partial charge in [0.2, 0.25) is 0 Å². The summed E-state index contributed by atoms with van der Waals surface area (Å²) in [5.74, 6) is -0.866. The molecule has 2 aliphatic rings. The summed E-state index contributed by atoms with van der Waals surface area (Å²) >= 11 is 0.930. The zero-order valence-electron chi connectivity index (χ0n) is 24.1. The number of aliphatic hydroxyl groups is 1. The molecule has 43 heavy (non-hydrogen) atoms. The molecule has 3 heterocycles. The Morgan fingerprint density at radius 3 is 2.70 bits per heavy atom. The number of aryl methyl sites for hydroxylation is 1. The summed E-state index contributed by atoms with van der Waals surface area (Å²) < 4.78 is 22.4. The van der Waals surface area contributed by atoms with E-state index in [0.717, 1.165) is 17.8 Å². The normalized spacial score (nSPS) is 17.3. The number of carbonyl (C=O) groups excluding carboxylic acids is 3. The van der Waals surface area contributed by atoms with Gasteiger partial charge in [0, 0.05) is 5.56 Å². The van der Waals surface area contributed by atoms with Gasteiger partial charge >= 0.3 is 11.9 Å². The monoisotopic (exact) mass is 604 g/mol. The molecule has 1 amide bonds. The van der Waals surface area contributed by atoms with Crippen molar-refractivity contribution < 1.29 is 38.4 Å². The minimum atomic E-state index is -1.07. The number of aliphatic hydroxyl groups excluding tert-OH is 1. The number of hydrogen-bond donors (Lipinski definition) is 1. The molecule has 0 bridgehead atoms. The summed E-state index contributed by atoms with van der Waals surface area (Å²) in [6.07, 6.45) is 2.29. The third kappa shape index (κ3) is 6.12. The first kappa shape index (κ1) is 29.8. The number of hydrogen-bond acceptors (Lipinski definition) is 10. The van der Waals surface area contributed by atoms with Gasteiger partial charge in [-0.3, -0.25) is 14.5 Å². The third-order valence-corrected chi connectivity index (χ3v) is 8.04. The second kappa shape index (κ2) is 12.7. The molecule has 11 heteroatoms. The molecule has 10 nitrogen and oxygen atoms in total. The topological polar surface area (TPSA) is 124 Å². The number of nitrogens with zero attached hydrogens (tertiary/aromatic N) is 2. The van der Waals surface area contributed by atoms with Crippen molar-refractivity contribution in [1.29, 1.82) is 0 Å². The molecule has 0 spiro atoms. The first-order chi connectivity index (χ1) is 20.7. The highest BCUT2D eigenvalue weighted by Gasteiger charge is 2.48. The lowest BCUT2D eigenvalue weighted by atomic mass is 9.95. The van der Waals surface area contributed by atoms with Gasteiger partial charge in [0.1, 0.15) is 36.2 Å². The van der Waals surface area contributed by atoms with Gasteiger partial charge in [0.05, 0.1) is 23.9 Å². The van der Waals surface area contributed by atoms with Crippen molar-refractivity contribution in [2.45, 2.75) is 33.2 Å². The number of esters is 1. The predicted molar refractivity (Wildman–Crippen MR) is 161 cm³/mol. The number of ketones is 1. The van der Waals surface area contributed by atoms with E-state index in [0.29, 0.717) is 54.2 Å². The molecule has 1 fully saturated rings. The van der Waals surface area contributed by atoms with E-state index >= 15 is 0 Å². The molecule has 0 radical (unpaired) electrons. The van der Waals surface area contributed by atoms with Gasteiger partial charge < -0.3 is 24.1 Å². The van der Waals surface area contributed by atoms with Crippen molar-refractivity contribution in [3.8, 4) is 17.2 Å². The van der Waals surface area contributed by atoms with Crippen LogP contribution in [0.1, 0.15) is 52.8 Å². The lowest BCUT2D eigenvalue weighted by Gasteiger charge is -2.24. The van der Waals surface area contributed by atoms with Crippen LogP contribution in [0.2, 0.25) is 0 Å². The van der Waals surface area contributed by atoms with Crippen molar-refractivity contribution in [3.63, 3.8) is 0 Å². The van der Waals surface area contributed by atoms with Gasteiger partial charge in [-0.25, -0.2) is 9.78 Å². The Kier molecular flexibility index (Phi) is 8.81. The lowest BCUT2D eigenvalue weighted by molar-refractivity contribution is -0.132. The summed E-state index contributed by atoms with van der Waals surface area (Å²) in [4.78, 5) is 45.8. The highest BCUT2D eigenvalue weighted by Crippen LogP contribution is 2.45. The summed E-state index contributed by atoms with van der Waals surface area (Å²) in [6.45, 7) is 10.6. The highest BCUT2D eigenvalue weighted by molar-refractivity contribution is 7.17. The molecule has 3 aromatic rings. The SMILES string of the molecule is C=CCOC(=O)c1sc(N2C(=O)C(=O)C(=C(O)c3ccc4c(c3)OCCO4)[C@@H]2c2cccc(OCCC(C)C)c2)nc1C. The van der Waals surface area contributed by atoms with Crippen LogP contribution in [0.15, 0.2) is 60.7 Å². The Morgan fingerprint density at radius 2 is 1.95 bits per heavy atom. The number of carbonyl (C=O) groups is 3. The van der Waals surface area contributed by atoms with Crippen LogP contribution in [-0.4, -0.2) is 54.2 Å². The van der Waals surface area contributed by atoms with E-state index in [-0.39, 0.29) is 33.5 Å². The number of anilines is 1. The van der Waals surface area contributed by atoms with Crippen molar-refractivity contribution in [2.75, 3.05) is 31.3 Å². The molecule has 0 unspecified atom stereocenters. The minimum Gasteiger partial charge on any atom is -0.507 e. The number of benzene rings is 2. The maximum absolute atomic E-state index is 13.7. The minimum absolute atomic E-state index is 0.00908. The van der Waals surface area contributed by atoms with Crippen LogP contribution in [0.5, 0.6) is 17.2 Å². The van der Waals surface area contributed by atoms with Crippen LogP contribution in [0.4, 0.5) is 5.13 Å². The van der Waals surface area contributed by atoms with Crippen molar-refractivity contribution in [3.05, 3.63) is 82.4 Å². The number of amides is 1. The van der Waals surface area contributed by atoms with E-state index < -0.39 is 23.7 Å². The Hall–Kier alpha value is -4.64. The van der Waals surface area contributed by atoms with Crippen molar-refractivity contribution in [2.24, 2.45) is 5.92 Å². The number of rotatable bonds is 10. The summed E-state index contributed by atoms with van der Waals surface area (Å²) in [5.41, 5.74) is 1.00. The molecule has 2 aliphatic heterocycles. The van der Waals surface area contributed by atoms with Crippen LogP contribution in [0.25, 0.3) is 5.76 Å². The fourth-order valence-electron chi connectivity index (χ4n) is 4.75. The molecule has 5 rings (SSSR count). The Labute approximate surface area is 253 Å². The average Bonchev–Trinajstić information content (AvgIpc) is 3.51. The van der Waals surface area contributed by atoms with E-state index in [2.05, 4.69) is 25.4 Å². The van der Waals surface area contributed by atoms with E-state index in [4.69, 9.17) is 18.9 Å². The number of Topliss-reactive ketones (excluding diaryl/α,β-unsaturated/α-hetero) is 1. The summed E-state index contributed by atoms with van der Waals surface area (Å²) in [6, 6.07) is 10.8. The fourth-order valence-corrected chi connectivity index (χ4v) is 5.74. The molecule has 2 aromatic carbocycles. The highest BCUT2D eigenvalue weighted by atomic mass is 32.1. The number of ether oxygens (including phenoxy) is 4. The van der Waals surface area contributed by atoms with Gasteiger partial charge in [0.25, 0.3) is 5.78 Å². The third-order valence-electron chi connectivity index (χ3n) is 6.91. The van der Waals surface area contributed by atoms with Gasteiger partial charge in [-0.05, 0) is 55.2 Å². The summed E-state index contributed by atoms with van der Waals surface area (Å²) in [7, 11) is 0.